The summed E-state index contributed by atoms with van der Waals surface area (Å²) in [7, 11) is -8.04. The molecule has 0 radical (unpaired) electrons. The van der Waals surface area contributed by atoms with Crippen LogP contribution in [0.2, 0.25) is 0 Å². The van der Waals surface area contributed by atoms with Gasteiger partial charge in [-0.2, -0.15) is 8.42 Å². The Morgan fingerprint density at radius 2 is 1.29 bits per heavy atom. The molecule has 2 aromatic heterocycles. The van der Waals surface area contributed by atoms with E-state index in [9.17, 15) is 16.8 Å². The predicted molar refractivity (Wildman–Crippen MR) is 191 cm³/mol. The molecule has 1 unspecified atom stereocenters. The molecule has 250 valence electrons. The van der Waals surface area contributed by atoms with Crippen molar-refractivity contribution in [2.75, 3.05) is 37.6 Å². The van der Waals surface area contributed by atoms with Gasteiger partial charge in [-0.15, -0.1) is 0 Å². The van der Waals surface area contributed by atoms with Crippen molar-refractivity contribution < 1.29 is 21.0 Å². The number of hydrogen-bond donors (Lipinski definition) is 1. The van der Waals surface area contributed by atoms with Crippen molar-refractivity contribution in [2.45, 2.75) is 22.3 Å². The maximum atomic E-state index is 13.9. The van der Waals surface area contributed by atoms with E-state index in [1.54, 1.807) is 85.5 Å². The second-order valence-corrected chi connectivity index (χ2v) is 15.2. The van der Waals surface area contributed by atoms with Crippen LogP contribution in [0.25, 0.3) is 21.5 Å². The Hall–Kier alpha value is -4.88. The molecule has 1 N–H and O–H groups in total. The van der Waals surface area contributed by atoms with Gasteiger partial charge >= 0.3 is 10.1 Å². The summed E-state index contributed by atoms with van der Waals surface area (Å²) in [6, 6.07) is 30.0. The van der Waals surface area contributed by atoms with Crippen molar-refractivity contribution in [3.63, 3.8) is 0 Å². The summed E-state index contributed by atoms with van der Waals surface area (Å²) in [5, 5.41) is 2.56. The van der Waals surface area contributed by atoms with Gasteiger partial charge in [-0.1, -0.05) is 54.6 Å². The summed E-state index contributed by atoms with van der Waals surface area (Å²) in [5.41, 5.74) is 2.00. The van der Waals surface area contributed by atoms with Gasteiger partial charge in [-0.3, -0.25) is 14.9 Å². The van der Waals surface area contributed by atoms with Crippen molar-refractivity contribution in [1.29, 1.82) is 0 Å². The number of nitrogens with one attached hydrogen (secondary N) is 1. The molecule has 6 aromatic rings. The van der Waals surface area contributed by atoms with Crippen molar-refractivity contribution >= 4 is 47.4 Å². The zero-order valence-electron chi connectivity index (χ0n) is 26.6. The predicted octanol–water partition coefficient (Wildman–Crippen LogP) is 5.26. The molecule has 1 saturated heterocycles. The highest BCUT2D eigenvalue weighted by Gasteiger charge is 2.27. The van der Waals surface area contributed by atoms with Gasteiger partial charge in [-0.05, 0) is 60.5 Å². The third kappa shape index (κ3) is 7.42. The van der Waals surface area contributed by atoms with Gasteiger partial charge in [-0.25, -0.2) is 13.1 Å². The summed E-state index contributed by atoms with van der Waals surface area (Å²) < 4.78 is 62.9. The van der Waals surface area contributed by atoms with Crippen LogP contribution < -0.4 is 13.8 Å². The Kier molecular flexibility index (Phi) is 9.28. The zero-order valence-corrected chi connectivity index (χ0v) is 28.2. The van der Waals surface area contributed by atoms with E-state index in [0.717, 1.165) is 37.1 Å². The molecule has 0 spiro atoms. The fourth-order valence-electron chi connectivity index (χ4n) is 6.34. The minimum absolute atomic E-state index is 0.0579. The molecular weight excluding hydrogens is 659 g/mol. The molecule has 3 heterocycles. The quantitative estimate of drug-likeness (QED) is 0.181. The number of para-hydroxylation sites is 1. The molecule has 12 heteroatoms. The normalized spacial score (nSPS) is 15.0. The van der Waals surface area contributed by atoms with E-state index in [-0.39, 0.29) is 15.5 Å². The number of anilines is 1. The van der Waals surface area contributed by atoms with E-state index in [1.807, 2.05) is 24.3 Å². The van der Waals surface area contributed by atoms with E-state index < -0.39 is 26.2 Å². The summed E-state index contributed by atoms with van der Waals surface area (Å²) >= 11 is 0. The number of rotatable bonds is 11. The lowest BCUT2D eigenvalue weighted by atomic mass is 10.1. The Bertz CT molecular complexity index is 2290. The first-order chi connectivity index (χ1) is 23.7. The molecule has 4 aromatic carbocycles. The molecular formula is C37H35N5O5S2. The number of nitrogens with zero attached hydrogens (tertiary/aromatic N) is 4. The number of sulfonamides is 1. The fourth-order valence-corrected chi connectivity index (χ4v) is 8.95. The second-order valence-electron chi connectivity index (χ2n) is 12.0. The highest BCUT2D eigenvalue weighted by molar-refractivity contribution is 7.89. The molecule has 10 nitrogen and oxygen atoms in total. The molecule has 1 aliphatic heterocycles. The summed E-state index contributed by atoms with van der Waals surface area (Å²) in [6.07, 6.45) is 6.77. The Labute approximate surface area is 286 Å². The van der Waals surface area contributed by atoms with E-state index in [4.69, 9.17) is 4.18 Å². The number of hydrogen-bond acceptors (Lipinski definition) is 9. The highest BCUT2D eigenvalue weighted by Crippen LogP contribution is 2.27. The minimum atomic E-state index is -4.13. The average molecular weight is 694 g/mol. The number of benzene rings is 4. The monoisotopic (exact) mass is 693 g/mol. The van der Waals surface area contributed by atoms with E-state index in [1.165, 1.54) is 11.8 Å². The van der Waals surface area contributed by atoms with Gasteiger partial charge in [0.15, 0.2) is 0 Å². The van der Waals surface area contributed by atoms with Crippen molar-refractivity contribution in [1.82, 2.24) is 19.6 Å². The third-order valence-corrected chi connectivity index (χ3v) is 11.6. The van der Waals surface area contributed by atoms with Crippen LogP contribution in [0.15, 0.2) is 138 Å². The van der Waals surface area contributed by atoms with E-state index in [0.29, 0.717) is 29.1 Å². The maximum absolute atomic E-state index is 13.9. The first-order valence-electron chi connectivity index (χ1n) is 16.0. The standard InChI is InChI=1S/C37H35N5O5S2/c43-48(44,36-10-4-6-29-25-38-18-16-34(29)36)40-31(27-41-20-22-42(23-21-41)32-8-2-1-3-9-32)24-28-12-14-33(15-13-28)47-49(45,46)37-11-5-7-30-26-39-19-17-35(30)37/h1-19,25-26,31,40H,20-24,27H2. The number of fused-ring (bicyclic) bond motifs is 2. The molecule has 0 bridgehead atoms. The van der Waals surface area contributed by atoms with Crippen molar-refractivity contribution in [2.24, 2.45) is 0 Å². The lowest BCUT2D eigenvalue weighted by Gasteiger charge is -2.37. The summed E-state index contributed by atoms with van der Waals surface area (Å²) in [4.78, 5) is 13.1. The third-order valence-electron chi connectivity index (χ3n) is 8.75. The SMILES string of the molecule is O=S(=O)(NC(Cc1ccc(OS(=O)(=O)c2cccc3cnccc23)cc1)CN1CCN(c2ccccc2)CC1)c1cccc2cnccc12. The molecule has 0 aliphatic carbocycles. The Morgan fingerprint density at radius 3 is 1.94 bits per heavy atom. The smallest absolute Gasteiger partial charge is 0.339 e. The molecule has 0 amide bonds. The topological polar surface area (TPSA) is 122 Å². The summed E-state index contributed by atoms with van der Waals surface area (Å²) in [6.45, 7) is 3.71. The highest BCUT2D eigenvalue weighted by atomic mass is 32.2. The van der Waals surface area contributed by atoms with Gasteiger partial charge < -0.3 is 9.08 Å². The van der Waals surface area contributed by atoms with Crippen molar-refractivity contribution in [3.8, 4) is 5.75 Å². The number of piperazine rings is 1. The fraction of sp³-hybridized carbons (Fsp3) is 0.189. The van der Waals surface area contributed by atoms with Crippen LogP contribution in [0.1, 0.15) is 5.56 Å². The molecule has 0 saturated carbocycles. The van der Waals surface area contributed by atoms with Gasteiger partial charge in [0.05, 0.1) is 4.90 Å². The molecule has 49 heavy (non-hydrogen) atoms. The zero-order chi connectivity index (χ0) is 33.8. The molecule has 7 rings (SSSR count). The summed E-state index contributed by atoms with van der Waals surface area (Å²) in [5.74, 6) is 0.160. The largest absolute Gasteiger partial charge is 0.379 e. The van der Waals surface area contributed by atoms with Crippen molar-refractivity contribution in [3.05, 3.63) is 133 Å². The lowest BCUT2D eigenvalue weighted by Crippen LogP contribution is -2.52. The van der Waals surface area contributed by atoms with Crippen LogP contribution in [0, 0.1) is 0 Å². The Morgan fingerprint density at radius 1 is 0.673 bits per heavy atom. The Balaban J connectivity index is 1.10. The van der Waals surface area contributed by atoms with Gasteiger partial charge in [0.1, 0.15) is 10.6 Å². The van der Waals surface area contributed by atoms with Crippen LogP contribution in [0.3, 0.4) is 0 Å². The first-order valence-corrected chi connectivity index (χ1v) is 18.9. The molecule has 1 atom stereocenters. The maximum Gasteiger partial charge on any atom is 0.339 e. The van der Waals surface area contributed by atoms with Crippen LogP contribution in [0.4, 0.5) is 5.69 Å². The second kappa shape index (κ2) is 13.9. The van der Waals surface area contributed by atoms with E-state index in [2.05, 4.69) is 36.6 Å². The number of pyridine rings is 2. The number of aromatic nitrogens is 2. The van der Waals surface area contributed by atoms with Gasteiger partial charge in [0, 0.05) is 90.8 Å². The first kappa shape index (κ1) is 32.7. The molecule has 1 aliphatic rings. The lowest BCUT2D eigenvalue weighted by molar-refractivity contribution is 0.236. The van der Waals surface area contributed by atoms with Gasteiger partial charge in [0.25, 0.3) is 0 Å². The van der Waals surface area contributed by atoms with Crippen LogP contribution in [-0.4, -0.2) is 70.5 Å². The van der Waals surface area contributed by atoms with Crippen LogP contribution >= 0.6 is 0 Å². The van der Waals surface area contributed by atoms with E-state index >= 15 is 0 Å². The van der Waals surface area contributed by atoms with Crippen LogP contribution in [-0.2, 0) is 26.6 Å². The average Bonchev–Trinajstić information content (AvgIpc) is 3.12. The molecule has 1 fully saturated rings. The van der Waals surface area contributed by atoms with Gasteiger partial charge in [0.2, 0.25) is 10.0 Å². The minimum Gasteiger partial charge on any atom is -0.379 e. The van der Waals surface area contributed by atoms with Crippen LogP contribution in [0.5, 0.6) is 5.75 Å².